The lowest BCUT2D eigenvalue weighted by Gasteiger charge is -2.18. The molecule has 0 saturated carbocycles. The molecule has 0 radical (unpaired) electrons. The van der Waals surface area contributed by atoms with Crippen LogP contribution in [0.3, 0.4) is 0 Å². The molecule has 0 amide bonds. The second-order valence-electron chi connectivity index (χ2n) is 6.99. The molecule has 5 heteroatoms. The van der Waals surface area contributed by atoms with Gasteiger partial charge in [0.05, 0.1) is 12.0 Å². The van der Waals surface area contributed by atoms with Crippen LogP contribution in [-0.2, 0) is 12.8 Å². The average molecular weight is 362 g/mol. The third kappa shape index (κ3) is 4.19. The molecule has 2 N–H and O–H groups in total. The van der Waals surface area contributed by atoms with Gasteiger partial charge in [0.1, 0.15) is 17.4 Å². The molecule has 1 aliphatic heterocycles. The molecule has 0 fully saturated rings. The van der Waals surface area contributed by atoms with Gasteiger partial charge in [-0.25, -0.2) is 9.97 Å². The van der Waals surface area contributed by atoms with Crippen LogP contribution in [0.4, 0.5) is 5.82 Å². The molecule has 4 rings (SSSR count). The zero-order valence-electron chi connectivity index (χ0n) is 15.7. The van der Waals surface area contributed by atoms with Crippen LogP contribution in [-0.4, -0.2) is 29.6 Å². The number of hydrogen-bond acceptors (Lipinski definition) is 5. The van der Waals surface area contributed by atoms with Crippen molar-refractivity contribution >= 4 is 5.82 Å². The van der Waals surface area contributed by atoms with E-state index < -0.39 is 0 Å². The van der Waals surface area contributed by atoms with E-state index in [0.29, 0.717) is 0 Å². The Morgan fingerprint density at radius 3 is 2.74 bits per heavy atom. The molecule has 3 aromatic rings. The largest absolute Gasteiger partial charge is 0.469 e. The van der Waals surface area contributed by atoms with E-state index in [-0.39, 0.29) is 5.92 Å². The molecule has 5 nitrogen and oxygen atoms in total. The van der Waals surface area contributed by atoms with Gasteiger partial charge in [0, 0.05) is 31.0 Å². The highest BCUT2D eigenvalue weighted by Crippen LogP contribution is 2.28. The maximum atomic E-state index is 5.72. The van der Waals surface area contributed by atoms with E-state index in [1.54, 1.807) is 6.26 Å². The van der Waals surface area contributed by atoms with E-state index in [0.717, 1.165) is 56.3 Å². The Labute approximate surface area is 160 Å². The highest BCUT2D eigenvalue weighted by atomic mass is 16.3. The molecule has 3 heterocycles. The van der Waals surface area contributed by atoms with Crippen molar-refractivity contribution in [1.29, 1.82) is 0 Å². The van der Waals surface area contributed by atoms with Crippen molar-refractivity contribution < 1.29 is 4.42 Å². The quantitative estimate of drug-likeness (QED) is 0.700. The summed E-state index contributed by atoms with van der Waals surface area (Å²) in [5.41, 5.74) is 3.72. The van der Waals surface area contributed by atoms with Crippen molar-refractivity contribution in [3.05, 3.63) is 77.1 Å². The molecule has 0 aliphatic carbocycles. The zero-order valence-corrected chi connectivity index (χ0v) is 15.7. The predicted octanol–water partition coefficient (Wildman–Crippen LogP) is 3.70. The van der Waals surface area contributed by atoms with Crippen molar-refractivity contribution in [2.75, 3.05) is 25.0 Å². The molecule has 0 bridgehead atoms. The van der Waals surface area contributed by atoms with E-state index >= 15 is 0 Å². The van der Waals surface area contributed by atoms with Gasteiger partial charge in [-0.2, -0.15) is 0 Å². The van der Waals surface area contributed by atoms with E-state index in [1.165, 1.54) is 16.8 Å². The van der Waals surface area contributed by atoms with E-state index in [2.05, 4.69) is 50.9 Å². The summed E-state index contributed by atoms with van der Waals surface area (Å²) in [5.74, 6) is 3.07. The van der Waals surface area contributed by atoms with Crippen molar-refractivity contribution in [3.63, 3.8) is 0 Å². The van der Waals surface area contributed by atoms with Crippen LogP contribution >= 0.6 is 0 Å². The van der Waals surface area contributed by atoms with Gasteiger partial charge in [0.15, 0.2) is 0 Å². The zero-order chi connectivity index (χ0) is 18.5. The molecule has 1 aliphatic rings. The maximum absolute atomic E-state index is 5.72. The molecule has 1 atom stereocenters. The standard InChI is InChI=1S/C22H26N4O/c1-16-25-20-11-13-23-12-9-19(20)22(26-16)24-14-10-18(21-8-5-15-27-21)17-6-3-2-4-7-17/h2-8,15,18,23H,9-14H2,1H3,(H,24,25,26)/t18-/m0/s1. The highest BCUT2D eigenvalue weighted by Gasteiger charge is 2.18. The number of anilines is 1. The Hall–Kier alpha value is -2.66. The molecular weight excluding hydrogens is 336 g/mol. The molecule has 0 unspecified atom stereocenters. The number of nitrogens with one attached hydrogen (secondary N) is 2. The number of fused-ring (bicyclic) bond motifs is 1. The number of aryl methyl sites for hydroxylation is 1. The Morgan fingerprint density at radius 2 is 1.93 bits per heavy atom. The fourth-order valence-electron chi connectivity index (χ4n) is 3.80. The fraction of sp³-hybridized carbons (Fsp3) is 0.364. The summed E-state index contributed by atoms with van der Waals surface area (Å²) >= 11 is 0. The van der Waals surface area contributed by atoms with E-state index in [1.807, 2.05) is 19.1 Å². The number of hydrogen-bond donors (Lipinski definition) is 2. The van der Waals surface area contributed by atoms with Crippen molar-refractivity contribution in [2.24, 2.45) is 0 Å². The Morgan fingerprint density at radius 1 is 1.07 bits per heavy atom. The lowest BCUT2D eigenvalue weighted by molar-refractivity contribution is 0.477. The minimum atomic E-state index is 0.233. The second kappa shape index (κ2) is 8.35. The predicted molar refractivity (Wildman–Crippen MR) is 107 cm³/mol. The molecule has 0 spiro atoms. The first-order valence-corrected chi connectivity index (χ1v) is 9.70. The van der Waals surface area contributed by atoms with Crippen LogP contribution in [0, 0.1) is 6.92 Å². The van der Waals surface area contributed by atoms with E-state index in [4.69, 9.17) is 4.42 Å². The van der Waals surface area contributed by atoms with Gasteiger partial charge in [-0.3, -0.25) is 0 Å². The van der Waals surface area contributed by atoms with Gasteiger partial charge in [-0.05, 0) is 44.0 Å². The van der Waals surface area contributed by atoms with Gasteiger partial charge in [0.25, 0.3) is 0 Å². The van der Waals surface area contributed by atoms with Crippen LogP contribution in [0.15, 0.2) is 53.1 Å². The monoisotopic (exact) mass is 362 g/mol. The summed E-state index contributed by atoms with van der Waals surface area (Å²) in [4.78, 5) is 9.35. The third-order valence-electron chi connectivity index (χ3n) is 5.11. The fourth-order valence-corrected chi connectivity index (χ4v) is 3.80. The Kier molecular flexibility index (Phi) is 5.49. The lowest BCUT2D eigenvalue weighted by Crippen LogP contribution is -2.16. The topological polar surface area (TPSA) is 63.0 Å². The summed E-state index contributed by atoms with van der Waals surface area (Å²) < 4.78 is 5.72. The van der Waals surface area contributed by atoms with Crippen LogP contribution in [0.25, 0.3) is 0 Å². The molecule has 2 aromatic heterocycles. The van der Waals surface area contributed by atoms with E-state index in [9.17, 15) is 0 Å². The van der Waals surface area contributed by atoms with Crippen molar-refractivity contribution in [3.8, 4) is 0 Å². The SMILES string of the molecule is Cc1nc2c(c(NCC[C@@H](c3ccccc3)c3ccco3)n1)CCNCC2. The van der Waals surface area contributed by atoms with Crippen LogP contribution in [0.5, 0.6) is 0 Å². The van der Waals surface area contributed by atoms with Gasteiger partial charge in [0.2, 0.25) is 0 Å². The van der Waals surface area contributed by atoms with Crippen molar-refractivity contribution in [1.82, 2.24) is 15.3 Å². The van der Waals surface area contributed by atoms with Crippen molar-refractivity contribution in [2.45, 2.75) is 32.1 Å². The van der Waals surface area contributed by atoms with Gasteiger partial charge < -0.3 is 15.1 Å². The molecule has 1 aromatic carbocycles. The number of aromatic nitrogens is 2. The summed E-state index contributed by atoms with van der Waals surface area (Å²) in [6.07, 6.45) is 4.62. The Bertz CT molecular complexity index is 862. The van der Waals surface area contributed by atoms with Crippen LogP contribution in [0.1, 0.15) is 40.7 Å². The third-order valence-corrected chi connectivity index (χ3v) is 5.11. The van der Waals surface area contributed by atoms with Gasteiger partial charge in [-0.15, -0.1) is 0 Å². The maximum Gasteiger partial charge on any atom is 0.133 e. The second-order valence-corrected chi connectivity index (χ2v) is 6.99. The Balaban J connectivity index is 1.51. The normalized spacial score (nSPS) is 15.0. The first-order valence-electron chi connectivity index (χ1n) is 9.70. The van der Waals surface area contributed by atoms with Crippen LogP contribution < -0.4 is 10.6 Å². The molecule has 140 valence electrons. The number of nitrogens with zero attached hydrogens (tertiary/aromatic N) is 2. The van der Waals surface area contributed by atoms with Crippen LogP contribution in [0.2, 0.25) is 0 Å². The number of rotatable bonds is 6. The molecular formula is C22H26N4O. The summed E-state index contributed by atoms with van der Waals surface area (Å²) in [6, 6.07) is 14.6. The molecule has 27 heavy (non-hydrogen) atoms. The highest BCUT2D eigenvalue weighted by molar-refractivity contribution is 5.47. The summed E-state index contributed by atoms with van der Waals surface area (Å²) in [6.45, 7) is 4.76. The molecule has 0 saturated heterocycles. The van der Waals surface area contributed by atoms with Gasteiger partial charge >= 0.3 is 0 Å². The number of benzene rings is 1. The first-order chi connectivity index (χ1) is 13.3. The van der Waals surface area contributed by atoms with Gasteiger partial charge in [-0.1, -0.05) is 30.3 Å². The first kappa shape index (κ1) is 17.7. The smallest absolute Gasteiger partial charge is 0.133 e. The summed E-state index contributed by atoms with van der Waals surface area (Å²) in [7, 11) is 0. The minimum Gasteiger partial charge on any atom is -0.469 e. The average Bonchev–Trinajstić information content (AvgIpc) is 3.11. The number of furan rings is 1. The minimum absolute atomic E-state index is 0.233. The summed E-state index contributed by atoms with van der Waals surface area (Å²) in [5, 5.41) is 7.03. The lowest BCUT2D eigenvalue weighted by atomic mass is 9.93.